The van der Waals surface area contributed by atoms with Crippen LogP contribution >= 0.6 is 11.6 Å². The number of hydrogen-bond acceptors (Lipinski definition) is 2. The Kier molecular flexibility index (Phi) is 5.64. The molecule has 0 aliphatic rings. The van der Waals surface area contributed by atoms with Crippen LogP contribution in [0, 0.1) is 17.5 Å². The highest BCUT2D eigenvalue weighted by Gasteiger charge is 2.24. The van der Waals surface area contributed by atoms with Gasteiger partial charge in [-0.3, -0.25) is 0 Å². The van der Waals surface area contributed by atoms with Gasteiger partial charge >= 0.3 is 0 Å². The second-order valence-corrected chi connectivity index (χ2v) is 6.47. The summed E-state index contributed by atoms with van der Waals surface area (Å²) in [5.41, 5.74) is 0. The number of benzene rings is 1. The molecule has 0 aromatic heterocycles. The summed E-state index contributed by atoms with van der Waals surface area (Å²) in [6.45, 7) is 1.74. The maximum Gasteiger partial charge on any atom is 0.246 e. The van der Waals surface area contributed by atoms with Gasteiger partial charge in [-0.2, -0.15) is 0 Å². The molecule has 0 amide bonds. The molecule has 0 saturated carbocycles. The van der Waals surface area contributed by atoms with E-state index in [0.29, 0.717) is 25.0 Å². The van der Waals surface area contributed by atoms with E-state index in [1.807, 2.05) is 4.72 Å². The zero-order valence-electron chi connectivity index (χ0n) is 10.1. The van der Waals surface area contributed by atoms with Crippen molar-refractivity contribution >= 4 is 21.6 Å². The summed E-state index contributed by atoms with van der Waals surface area (Å²) >= 11 is 5.67. The second kappa shape index (κ2) is 6.58. The molecule has 1 unspecified atom stereocenters. The first-order valence-electron chi connectivity index (χ1n) is 5.52. The van der Waals surface area contributed by atoms with E-state index in [1.165, 1.54) is 0 Å². The number of nitrogens with one attached hydrogen (secondary N) is 1. The zero-order valence-corrected chi connectivity index (χ0v) is 11.7. The van der Waals surface area contributed by atoms with Crippen LogP contribution in [0.15, 0.2) is 17.0 Å². The van der Waals surface area contributed by atoms with Crippen molar-refractivity contribution in [3.05, 3.63) is 29.6 Å². The molecule has 8 heteroatoms. The first kappa shape index (κ1) is 16.3. The molecular weight excluding hydrogens is 303 g/mol. The zero-order chi connectivity index (χ0) is 14.6. The minimum absolute atomic E-state index is 0.00432. The number of alkyl halides is 1. The Labute approximate surface area is 114 Å². The lowest BCUT2D eigenvalue weighted by Crippen LogP contribution is -2.27. The van der Waals surface area contributed by atoms with Crippen LogP contribution in [0.3, 0.4) is 0 Å². The van der Waals surface area contributed by atoms with E-state index >= 15 is 0 Å². The van der Waals surface area contributed by atoms with Crippen molar-refractivity contribution in [2.45, 2.75) is 30.0 Å². The van der Waals surface area contributed by atoms with Gasteiger partial charge in [-0.15, -0.1) is 11.6 Å². The SMILES string of the molecule is CC(Cl)CCCNS(=O)(=O)c1c(F)cc(F)cc1F. The monoisotopic (exact) mass is 315 g/mol. The molecule has 108 valence electrons. The Morgan fingerprint density at radius 1 is 1.26 bits per heavy atom. The van der Waals surface area contributed by atoms with Crippen LogP contribution in [-0.4, -0.2) is 20.3 Å². The summed E-state index contributed by atoms with van der Waals surface area (Å²) in [6, 6.07) is 0.636. The third kappa shape index (κ3) is 4.67. The smallest absolute Gasteiger partial charge is 0.211 e. The molecule has 0 spiro atoms. The quantitative estimate of drug-likeness (QED) is 0.648. The molecule has 0 heterocycles. The van der Waals surface area contributed by atoms with Crippen molar-refractivity contribution in [2.24, 2.45) is 0 Å². The second-order valence-electron chi connectivity index (χ2n) is 4.02. The molecule has 0 aliphatic carbocycles. The number of hydrogen-bond donors (Lipinski definition) is 1. The van der Waals surface area contributed by atoms with Crippen molar-refractivity contribution in [1.82, 2.24) is 4.72 Å². The number of sulfonamides is 1. The normalized spacial score (nSPS) is 13.5. The van der Waals surface area contributed by atoms with Crippen LogP contribution in [0.4, 0.5) is 13.2 Å². The van der Waals surface area contributed by atoms with E-state index in [2.05, 4.69) is 0 Å². The van der Waals surface area contributed by atoms with Crippen LogP contribution in [0.5, 0.6) is 0 Å². The molecule has 1 aromatic rings. The van der Waals surface area contributed by atoms with Gasteiger partial charge in [0.15, 0.2) is 4.90 Å². The molecule has 0 fully saturated rings. The van der Waals surface area contributed by atoms with Crippen LogP contribution in [0.25, 0.3) is 0 Å². The molecule has 1 rings (SSSR count). The molecule has 0 aliphatic heterocycles. The Balaban J connectivity index is 2.84. The van der Waals surface area contributed by atoms with Crippen molar-refractivity contribution in [2.75, 3.05) is 6.54 Å². The van der Waals surface area contributed by atoms with E-state index < -0.39 is 32.4 Å². The summed E-state index contributed by atoms with van der Waals surface area (Å²) in [4.78, 5) is -1.17. The average Bonchev–Trinajstić information content (AvgIpc) is 2.22. The summed E-state index contributed by atoms with van der Waals surface area (Å²) in [6.07, 6.45) is 0.979. The molecule has 19 heavy (non-hydrogen) atoms. The number of halogens is 4. The highest BCUT2D eigenvalue weighted by Crippen LogP contribution is 2.19. The maximum atomic E-state index is 13.3. The van der Waals surface area contributed by atoms with Gasteiger partial charge in [0, 0.05) is 24.1 Å². The average molecular weight is 316 g/mol. The van der Waals surface area contributed by atoms with Gasteiger partial charge in [0.2, 0.25) is 10.0 Å². The topological polar surface area (TPSA) is 46.2 Å². The van der Waals surface area contributed by atoms with E-state index in [1.54, 1.807) is 6.92 Å². The van der Waals surface area contributed by atoms with Gasteiger partial charge in [-0.05, 0) is 19.8 Å². The third-order valence-electron chi connectivity index (χ3n) is 2.30. The van der Waals surface area contributed by atoms with Crippen molar-refractivity contribution in [3.63, 3.8) is 0 Å². The van der Waals surface area contributed by atoms with Crippen molar-refractivity contribution < 1.29 is 21.6 Å². The van der Waals surface area contributed by atoms with Gasteiger partial charge in [0.25, 0.3) is 0 Å². The van der Waals surface area contributed by atoms with E-state index in [4.69, 9.17) is 11.6 Å². The molecule has 1 N–H and O–H groups in total. The van der Waals surface area contributed by atoms with E-state index in [9.17, 15) is 21.6 Å². The predicted molar refractivity (Wildman–Crippen MR) is 66.1 cm³/mol. The highest BCUT2D eigenvalue weighted by atomic mass is 35.5. The van der Waals surface area contributed by atoms with Gasteiger partial charge in [0.1, 0.15) is 17.5 Å². The summed E-state index contributed by atoms with van der Waals surface area (Å²) in [7, 11) is -4.35. The molecule has 0 bridgehead atoms. The lowest BCUT2D eigenvalue weighted by Gasteiger charge is -2.09. The summed E-state index contributed by atoms with van der Waals surface area (Å²) in [5, 5.41) is -0.121. The molecule has 3 nitrogen and oxygen atoms in total. The highest BCUT2D eigenvalue weighted by molar-refractivity contribution is 7.89. The molecular formula is C11H13ClF3NO2S. The number of rotatable bonds is 6. The fourth-order valence-electron chi connectivity index (χ4n) is 1.45. The third-order valence-corrected chi connectivity index (χ3v) is 4.03. The first-order chi connectivity index (χ1) is 8.74. The molecule has 0 radical (unpaired) electrons. The fraction of sp³-hybridized carbons (Fsp3) is 0.455. The Morgan fingerprint density at radius 3 is 2.26 bits per heavy atom. The lowest BCUT2D eigenvalue weighted by atomic mass is 10.2. The summed E-state index contributed by atoms with van der Waals surface area (Å²) in [5.74, 6) is -4.10. The van der Waals surface area contributed by atoms with E-state index in [0.717, 1.165) is 0 Å². The Bertz CT molecular complexity index is 526. The fourth-order valence-corrected chi connectivity index (χ4v) is 2.79. The summed E-state index contributed by atoms with van der Waals surface area (Å²) < 4.78 is 64.7. The molecule has 1 atom stereocenters. The van der Waals surface area contributed by atoms with Gasteiger partial charge in [0.05, 0.1) is 0 Å². The van der Waals surface area contributed by atoms with Gasteiger partial charge < -0.3 is 0 Å². The van der Waals surface area contributed by atoms with Crippen LogP contribution in [0.2, 0.25) is 0 Å². The van der Waals surface area contributed by atoms with Crippen LogP contribution in [-0.2, 0) is 10.0 Å². The Hall–Kier alpha value is -0.790. The van der Waals surface area contributed by atoms with Gasteiger partial charge in [-0.25, -0.2) is 26.3 Å². The van der Waals surface area contributed by atoms with Crippen molar-refractivity contribution in [3.8, 4) is 0 Å². The van der Waals surface area contributed by atoms with Crippen LogP contribution in [0.1, 0.15) is 19.8 Å². The first-order valence-corrected chi connectivity index (χ1v) is 7.44. The van der Waals surface area contributed by atoms with Gasteiger partial charge in [-0.1, -0.05) is 0 Å². The minimum atomic E-state index is -4.35. The minimum Gasteiger partial charge on any atom is -0.211 e. The standard InChI is InChI=1S/C11H13ClF3NO2S/c1-7(12)3-2-4-16-19(17,18)11-9(14)5-8(13)6-10(11)15/h5-7,16H,2-4H2,1H3. The molecule has 0 saturated heterocycles. The van der Waals surface area contributed by atoms with Crippen LogP contribution < -0.4 is 4.72 Å². The predicted octanol–water partition coefficient (Wildman–Crippen LogP) is 2.79. The largest absolute Gasteiger partial charge is 0.246 e. The maximum absolute atomic E-state index is 13.3. The van der Waals surface area contributed by atoms with Crippen molar-refractivity contribution in [1.29, 1.82) is 0 Å². The lowest BCUT2D eigenvalue weighted by molar-refractivity contribution is 0.493. The van der Waals surface area contributed by atoms with E-state index in [-0.39, 0.29) is 11.9 Å². The molecule has 1 aromatic carbocycles. The Morgan fingerprint density at radius 2 is 1.79 bits per heavy atom.